The average Bonchev–Trinajstić information content (AvgIpc) is 3.62. The Hall–Kier alpha value is -7.04. The summed E-state index contributed by atoms with van der Waals surface area (Å²) in [5, 5.41) is 4.77. The standard InChI is InChI=1S/C58H59N3O7/c1-38(2)55(62)66-30-26-59-56(63)67-37-39-13-12-27-61(36-39)50-34-47-48(35-51(50)64-5)54-46(53-52(47)45-23-18-41(33-49(45)57(53,3)4)40-14-8-6-9-15-40)24-25-58(68-54,42-16-10-7-11-17-42)43-19-21-44(22-20-43)60-28-31-65-32-29-60/h6-11,14-25,33-35,39H,1,12-13,26-32,36-37H2,2-5H3,(H,59,63). The molecule has 0 aromatic heterocycles. The molecule has 0 spiro atoms. The minimum atomic E-state index is -0.928. The van der Waals surface area contributed by atoms with Crippen molar-refractivity contribution in [1.29, 1.82) is 0 Å². The molecule has 2 fully saturated rings. The van der Waals surface area contributed by atoms with Crippen molar-refractivity contribution in [3.63, 3.8) is 0 Å². The van der Waals surface area contributed by atoms with E-state index in [0.717, 1.165) is 90.3 Å². The van der Waals surface area contributed by atoms with Gasteiger partial charge >= 0.3 is 12.1 Å². The molecule has 1 N–H and O–H groups in total. The molecule has 2 atom stereocenters. The quantitative estimate of drug-likeness (QED) is 0.0731. The Kier molecular flexibility index (Phi) is 12.2. The van der Waals surface area contributed by atoms with Crippen LogP contribution < -0.4 is 24.6 Å². The molecule has 0 saturated carbocycles. The largest absolute Gasteiger partial charge is 0.495 e. The molecule has 3 aliphatic heterocycles. The SMILES string of the molecule is C=C(C)C(=O)OCCNC(=O)OCC1CCCN(c2cc3c4c(c5c(c3cc2OC)OC(c2ccccc2)(c2ccc(N3CCOCC3)cc2)C=C5)C(C)(C)c2cc(-c3ccccc3)ccc2-4)C1. The second-order valence-electron chi connectivity index (χ2n) is 18.9. The zero-order valence-corrected chi connectivity index (χ0v) is 39.4. The molecule has 6 aromatic rings. The lowest BCUT2D eigenvalue weighted by atomic mass is 9.76. The highest BCUT2D eigenvalue weighted by Crippen LogP contribution is 2.59. The summed E-state index contributed by atoms with van der Waals surface area (Å²) >= 11 is 0. The van der Waals surface area contributed by atoms with Crippen LogP contribution in [0.1, 0.15) is 61.4 Å². The molecule has 10 nitrogen and oxygen atoms in total. The number of morpholine rings is 1. The van der Waals surface area contributed by atoms with Gasteiger partial charge in [0.1, 0.15) is 18.1 Å². The van der Waals surface area contributed by atoms with E-state index < -0.39 is 17.7 Å². The Morgan fingerprint density at radius 3 is 2.29 bits per heavy atom. The summed E-state index contributed by atoms with van der Waals surface area (Å²) in [5.41, 5.74) is 11.6. The fourth-order valence-corrected chi connectivity index (χ4v) is 10.7. The second-order valence-corrected chi connectivity index (χ2v) is 18.9. The van der Waals surface area contributed by atoms with Gasteiger partial charge in [0, 0.05) is 70.8 Å². The number of benzene rings is 6. The molecule has 1 amide bonds. The Morgan fingerprint density at radius 2 is 1.56 bits per heavy atom. The normalized spacial score (nSPS) is 19.0. The third-order valence-corrected chi connectivity index (χ3v) is 14.2. The van der Waals surface area contributed by atoms with Crippen LogP contribution in [-0.2, 0) is 30.0 Å². The Balaban J connectivity index is 1.06. The highest BCUT2D eigenvalue weighted by molar-refractivity contribution is 6.10. The number of methoxy groups -OCH3 is 1. The molecule has 1 aliphatic carbocycles. The number of amides is 1. The lowest BCUT2D eigenvalue weighted by molar-refractivity contribution is -0.138. The molecule has 10 heteroatoms. The summed E-state index contributed by atoms with van der Waals surface area (Å²) in [6.45, 7) is 15.0. The minimum Gasteiger partial charge on any atom is -0.495 e. The van der Waals surface area contributed by atoms with Crippen LogP contribution in [0.3, 0.4) is 0 Å². The Labute approximate surface area is 399 Å². The number of alkyl carbamates (subject to hydrolysis) is 1. The van der Waals surface area contributed by atoms with Gasteiger partial charge in [-0.25, -0.2) is 9.59 Å². The fourth-order valence-electron chi connectivity index (χ4n) is 10.7. The van der Waals surface area contributed by atoms with Crippen LogP contribution >= 0.6 is 0 Å². The van der Waals surface area contributed by atoms with E-state index in [1.165, 1.54) is 39.1 Å². The molecule has 348 valence electrons. The molecule has 0 radical (unpaired) electrons. The van der Waals surface area contributed by atoms with Gasteiger partial charge in [-0.05, 0) is 94.9 Å². The predicted octanol–water partition coefficient (Wildman–Crippen LogP) is 11.1. The highest BCUT2D eigenvalue weighted by Gasteiger charge is 2.45. The van der Waals surface area contributed by atoms with Crippen molar-refractivity contribution in [1.82, 2.24) is 5.32 Å². The number of hydrogen-bond donors (Lipinski definition) is 1. The summed E-state index contributed by atoms with van der Waals surface area (Å²) in [7, 11) is 1.74. The lowest BCUT2D eigenvalue weighted by Crippen LogP contribution is -2.39. The average molecular weight is 910 g/mol. The van der Waals surface area contributed by atoms with E-state index in [1.807, 2.05) is 0 Å². The molecule has 2 saturated heterocycles. The molecule has 3 heterocycles. The third-order valence-electron chi connectivity index (χ3n) is 14.2. The topological polar surface area (TPSA) is 98.8 Å². The van der Waals surface area contributed by atoms with Crippen molar-refractivity contribution in [2.75, 3.05) is 76.1 Å². The summed E-state index contributed by atoms with van der Waals surface area (Å²) in [6.07, 6.45) is 5.87. The third kappa shape index (κ3) is 8.25. The van der Waals surface area contributed by atoms with Crippen molar-refractivity contribution in [2.24, 2.45) is 5.92 Å². The highest BCUT2D eigenvalue weighted by atomic mass is 16.6. The van der Waals surface area contributed by atoms with Gasteiger partial charge in [0.2, 0.25) is 0 Å². The first-order valence-electron chi connectivity index (χ1n) is 23.8. The van der Waals surface area contributed by atoms with Crippen molar-refractivity contribution < 1.29 is 33.3 Å². The van der Waals surface area contributed by atoms with E-state index in [4.69, 9.17) is 23.7 Å². The van der Waals surface area contributed by atoms with Crippen LogP contribution in [0.4, 0.5) is 16.2 Å². The van der Waals surface area contributed by atoms with Crippen LogP contribution in [-0.4, -0.2) is 78.3 Å². The number of esters is 1. The number of fused-ring (bicyclic) bond motifs is 8. The number of hydrogen-bond acceptors (Lipinski definition) is 9. The Morgan fingerprint density at radius 1 is 0.824 bits per heavy atom. The van der Waals surface area contributed by atoms with E-state index in [2.05, 4.69) is 163 Å². The number of nitrogens with zero attached hydrogens (tertiary/aromatic N) is 2. The van der Waals surface area contributed by atoms with Crippen molar-refractivity contribution >= 4 is 40.3 Å². The van der Waals surface area contributed by atoms with E-state index in [9.17, 15) is 9.59 Å². The number of nitrogens with one attached hydrogen (secondary N) is 1. The number of ether oxygens (including phenoxy) is 5. The monoisotopic (exact) mass is 909 g/mol. The number of carbonyl (C=O) groups is 2. The van der Waals surface area contributed by atoms with E-state index in [1.54, 1.807) is 14.0 Å². The summed E-state index contributed by atoms with van der Waals surface area (Å²) < 4.78 is 30.6. The maximum Gasteiger partial charge on any atom is 0.407 e. The van der Waals surface area contributed by atoms with E-state index in [-0.39, 0.29) is 31.1 Å². The van der Waals surface area contributed by atoms with Crippen LogP contribution in [0.5, 0.6) is 11.5 Å². The first-order valence-corrected chi connectivity index (χ1v) is 23.8. The van der Waals surface area contributed by atoms with Crippen molar-refractivity contribution in [3.8, 4) is 33.8 Å². The van der Waals surface area contributed by atoms with Gasteiger partial charge in [0.25, 0.3) is 0 Å². The smallest absolute Gasteiger partial charge is 0.407 e. The molecule has 4 aliphatic rings. The van der Waals surface area contributed by atoms with Gasteiger partial charge in [-0.15, -0.1) is 0 Å². The van der Waals surface area contributed by atoms with Gasteiger partial charge in [-0.2, -0.15) is 0 Å². The molecule has 68 heavy (non-hydrogen) atoms. The number of carbonyl (C=O) groups excluding carboxylic acids is 2. The summed E-state index contributed by atoms with van der Waals surface area (Å²) in [6, 6.07) is 41.4. The van der Waals surface area contributed by atoms with Crippen LogP contribution in [0.15, 0.2) is 133 Å². The molecule has 2 unspecified atom stereocenters. The maximum absolute atomic E-state index is 12.7. The van der Waals surface area contributed by atoms with E-state index in [0.29, 0.717) is 12.1 Å². The maximum atomic E-state index is 12.7. The van der Waals surface area contributed by atoms with Gasteiger partial charge in [0.15, 0.2) is 5.60 Å². The van der Waals surface area contributed by atoms with Gasteiger partial charge in [0.05, 0.1) is 39.2 Å². The predicted molar refractivity (Wildman–Crippen MR) is 270 cm³/mol. The van der Waals surface area contributed by atoms with Gasteiger partial charge < -0.3 is 38.8 Å². The van der Waals surface area contributed by atoms with Gasteiger partial charge in [-0.3, -0.25) is 0 Å². The van der Waals surface area contributed by atoms with Gasteiger partial charge in [-0.1, -0.05) is 111 Å². The van der Waals surface area contributed by atoms with Crippen molar-refractivity contribution in [2.45, 2.75) is 44.6 Å². The minimum absolute atomic E-state index is 0.0412. The first-order chi connectivity index (χ1) is 33.1. The van der Waals surface area contributed by atoms with Crippen LogP contribution in [0, 0.1) is 5.92 Å². The molecular formula is C58H59N3O7. The molecule has 0 bridgehead atoms. The van der Waals surface area contributed by atoms with Crippen LogP contribution in [0.2, 0.25) is 0 Å². The van der Waals surface area contributed by atoms with Crippen LogP contribution in [0.25, 0.3) is 39.1 Å². The van der Waals surface area contributed by atoms with Crippen molar-refractivity contribution in [3.05, 3.63) is 161 Å². The number of rotatable bonds is 12. The first kappa shape index (κ1) is 44.8. The number of anilines is 2. The van der Waals surface area contributed by atoms with E-state index >= 15 is 0 Å². The Bertz CT molecular complexity index is 2910. The second kappa shape index (κ2) is 18.6. The fraction of sp³-hybridized carbons (Fsp3) is 0.310. The molecular weight excluding hydrogens is 851 g/mol. The summed E-state index contributed by atoms with van der Waals surface area (Å²) in [4.78, 5) is 29.2. The summed E-state index contributed by atoms with van der Waals surface area (Å²) in [5.74, 6) is 1.17. The number of piperidine rings is 1. The zero-order chi connectivity index (χ0) is 47.0. The molecule has 6 aromatic carbocycles. The zero-order valence-electron chi connectivity index (χ0n) is 39.4. The molecule has 10 rings (SSSR count). The lowest BCUT2D eigenvalue weighted by Gasteiger charge is -2.39.